The number of sulfonamides is 1. The normalized spacial score (nSPS) is 11.2. The molecule has 0 saturated carbocycles. The molecule has 0 atom stereocenters. The third kappa shape index (κ3) is 3.69. The first-order valence-corrected chi connectivity index (χ1v) is 8.53. The zero-order chi connectivity index (χ0) is 17.0. The molecule has 0 unspecified atom stereocenters. The largest absolute Gasteiger partial charge is 0.497 e. The minimum atomic E-state index is -3.65. The minimum Gasteiger partial charge on any atom is -0.497 e. The number of nitrogens with zero attached hydrogens (tertiary/aromatic N) is 3. The van der Waals surface area contributed by atoms with Gasteiger partial charge in [0.2, 0.25) is 0 Å². The standard InChI is InChI=1S/C15H15N5O3S/c1-23-13-6-8-14(9-7-13)24(21,22)18-12-4-2-11(3-5-12)10-15-16-19-20-17-15/h2-9,18H,10H2,1H3,(H,16,17,19,20). The molecule has 9 heteroatoms. The second-order valence-electron chi connectivity index (χ2n) is 4.98. The van der Waals surface area contributed by atoms with Crippen molar-refractivity contribution in [3.63, 3.8) is 0 Å². The van der Waals surface area contributed by atoms with Gasteiger partial charge < -0.3 is 4.74 Å². The van der Waals surface area contributed by atoms with Crippen molar-refractivity contribution in [1.29, 1.82) is 0 Å². The van der Waals surface area contributed by atoms with Crippen LogP contribution in [0.15, 0.2) is 53.4 Å². The Labute approximate surface area is 138 Å². The average molecular weight is 345 g/mol. The Morgan fingerprint density at radius 3 is 2.38 bits per heavy atom. The van der Waals surface area contributed by atoms with Crippen LogP contribution in [0, 0.1) is 0 Å². The number of aromatic nitrogens is 4. The highest BCUT2D eigenvalue weighted by atomic mass is 32.2. The maximum Gasteiger partial charge on any atom is 0.261 e. The van der Waals surface area contributed by atoms with Crippen molar-refractivity contribution in [2.75, 3.05) is 11.8 Å². The molecule has 0 aliphatic heterocycles. The predicted molar refractivity (Wildman–Crippen MR) is 87.2 cm³/mol. The van der Waals surface area contributed by atoms with Gasteiger partial charge in [-0.25, -0.2) is 8.42 Å². The molecule has 0 fully saturated rings. The SMILES string of the molecule is COc1ccc(S(=O)(=O)Nc2ccc(Cc3nn[nH]n3)cc2)cc1. The van der Waals surface area contributed by atoms with Crippen LogP contribution in [0.3, 0.4) is 0 Å². The highest BCUT2D eigenvalue weighted by molar-refractivity contribution is 7.92. The van der Waals surface area contributed by atoms with Gasteiger partial charge in [0.25, 0.3) is 10.0 Å². The zero-order valence-corrected chi connectivity index (χ0v) is 13.6. The lowest BCUT2D eigenvalue weighted by Gasteiger charge is -2.09. The number of anilines is 1. The van der Waals surface area contributed by atoms with E-state index in [9.17, 15) is 8.42 Å². The Morgan fingerprint density at radius 2 is 1.79 bits per heavy atom. The Bertz CT molecular complexity index is 891. The van der Waals surface area contributed by atoms with E-state index in [2.05, 4.69) is 25.3 Å². The van der Waals surface area contributed by atoms with E-state index in [0.29, 0.717) is 23.7 Å². The van der Waals surface area contributed by atoms with Crippen molar-refractivity contribution in [3.05, 3.63) is 59.9 Å². The maximum absolute atomic E-state index is 12.4. The van der Waals surface area contributed by atoms with E-state index < -0.39 is 10.0 Å². The van der Waals surface area contributed by atoms with Crippen LogP contribution in [0.25, 0.3) is 0 Å². The number of aromatic amines is 1. The third-order valence-corrected chi connectivity index (χ3v) is 4.72. The Kier molecular flexibility index (Phi) is 4.43. The van der Waals surface area contributed by atoms with Crippen LogP contribution in [-0.4, -0.2) is 36.2 Å². The maximum atomic E-state index is 12.4. The summed E-state index contributed by atoms with van der Waals surface area (Å²) < 4.78 is 32.3. The summed E-state index contributed by atoms with van der Waals surface area (Å²) in [4.78, 5) is 0.166. The Hall–Kier alpha value is -2.94. The average Bonchev–Trinajstić information content (AvgIpc) is 3.09. The first-order valence-electron chi connectivity index (χ1n) is 7.05. The highest BCUT2D eigenvalue weighted by Crippen LogP contribution is 2.19. The lowest BCUT2D eigenvalue weighted by atomic mass is 10.1. The fraction of sp³-hybridized carbons (Fsp3) is 0.133. The zero-order valence-electron chi connectivity index (χ0n) is 12.8. The van der Waals surface area contributed by atoms with Gasteiger partial charge in [-0.1, -0.05) is 17.3 Å². The lowest BCUT2D eigenvalue weighted by Crippen LogP contribution is -2.12. The number of hydrogen-bond donors (Lipinski definition) is 2. The van der Waals surface area contributed by atoms with E-state index in [1.165, 1.54) is 19.2 Å². The molecular weight excluding hydrogens is 330 g/mol. The Balaban J connectivity index is 1.72. The molecule has 2 N–H and O–H groups in total. The number of H-pyrrole nitrogens is 1. The van der Waals surface area contributed by atoms with Crippen molar-refractivity contribution in [1.82, 2.24) is 20.6 Å². The molecule has 0 spiro atoms. The summed E-state index contributed by atoms with van der Waals surface area (Å²) in [6.07, 6.45) is 0.516. The second kappa shape index (κ2) is 6.67. The van der Waals surface area contributed by atoms with Gasteiger partial charge in [-0.2, -0.15) is 5.21 Å². The first-order chi connectivity index (χ1) is 11.6. The topological polar surface area (TPSA) is 110 Å². The van der Waals surface area contributed by atoms with Gasteiger partial charge in [0.15, 0.2) is 5.82 Å². The Morgan fingerprint density at radius 1 is 1.08 bits per heavy atom. The predicted octanol–water partition coefficient (Wildman–Crippen LogP) is 1.60. The first kappa shape index (κ1) is 15.9. The molecule has 1 aromatic heterocycles. The van der Waals surface area contributed by atoms with E-state index in [1.54, 1.807) is 24.3 Å². The summed E-state index contributed by atoms with van der Waals surface area (Å²) in [7, 11) is -2.12. The quantitative estimate of drug-likeness (QED) is 0.702. The van der Waals surface area contributed by atoms with Crippen LogP contribution in [0.4, 0.5) is 5.69 Å². The van der Waals surface area contributed by atoms with Gasteiger partial charge in [0.05, 0.1) is 12.0 Å². The monoisotopic (exact) mass is 345 g/mol. The lowest BCUT2D eigenvalue weighted by molar-refractivity contribution is 0.414. The van der Waals surface area contributed by atoms with Crippen LogP contribution >= 0.6 is 0 Å². The molecular formula is C15H15N5O3S. The third-order valence-electron chi connectivity index (χ3n) is 3.33. The molecule has 1 heterocycles. The summed E-state index contributed by atoms with van der Waals surface area (Å²) in [5.41, 5.74) is 1.42. The second-order valence-corrected chi connectivity index (χ2v) is 6.67. The van der Waals surface area contributed by atoms with E-state index >= 15 is 0 Å². The van der Waals surface area contributed by atoms with Crippen molar-refractivity contribution in [2.24, 2.45) is 0 Å². The van der Waals surface area contributed by atoms with E-state index in [0.717, 1.165) is 5.56 Å². The van der Waals surface area contributed by atoms with Gasteiger partial charge >= 0.3 is 0 Å². The molecule has 0 aliphatic carbocycles. The molecule has 0 aliphatic rings. The summed E-state index contributed by atoms with van der Waals surface area (Å²) in [6, 6.07) is 13.2. The fourth-order valence-corrected chi connectivity index (χ4v) is 3.16. The van der Waals surface area contributed by atoms with Crippen LogP contribution in [-0.2, 0) is 16.4 Å². The van der Waals surface area contributed by atoms with E-state index in [1.807, 2.05) is 12.1 Å². The number of nitrogens with one attached hydrogen (secondary N) is 2. The van der Waals surface area contributed by atoms with Gasteiger partial charge in [0, 0.05) is 12.1 Å². The van der Waals surface area contributed by atoms with Gasteiger partial charge in [0.1, 0.15) is 5.75 Å². The number of hydrogen-bond acceptors (Lipinski definition) is 6. The summed E-state index contributed by atoms with van der Waals surface area (Å²) in [5.74, 6) is 1.17. The van der Waals surface area contributed by atoms with Crippen molar-refractivity contribution >= 4 is 15.7 Å². The van der Waals surface area contributed by atoms with Crippen LogP contribution < -0.4 is 9.46 Å². The van der Waals surface area contributed by atoms with Gasteiger partial charge in [-0.15, -0.1) is 10.2 Å². The smallest absolute Gasteiger partial charge is 0.261 e. The molecule has 0 amide bonds. The van der Waals surface area contributed by atoms with Crippen molar-refractivity contribution < 1.29 is 13.2 Å². The minimum absolute atomic E-state index is 0.166. The highest BCUT2D eigenvalue weighted by Gasteiger charge is 2.14. The molecule has 8 nitrogen and oxygen atoms in total. The fourth-order valence-electron chi connectivity index (χ4n) is 2.10. The van der Waals surface area contributed by atoms with E-state index in [4.69, 9.17) is 4.74 Å². The number of ether oxygens (including phenoxy) is 1. The summed E-state index contributed by atoms with van der Waals surface area (Å²) in [5, 5.41) is 13.6. The van der Waals surface area contributed by atoms with Crippen LogP contribution in [0.2, 0.25) is 0 Å². The number of rotatable bonds is 6. The summed E-state index contributed by atoms with van der Waals surface area (Å²) >= 11 is 0. The molecule has 3 rings (SSSR count). The van der Waals surface area contributed by atoms with Crippen LogP contribution in [0.1, 0.15) is 11.4 Å². The number of benzene rings is 2. The van der Waals surface area contributed by atoms with Gasteiger partial charge in [-0.3, -0.25) is 4.72 Å². The molecule has 124 valence electrons. The van der Waals surface area contributed by atoms with E-state index in [-0.39, 0.29) is 4.90 Å². The summed E-state index contributed by atoms with van der Waals surface area (Å²) in [6.45, 7) is 0. The molecule has 2 aromatic carbocycles. The van der Waals surface area contributed by atoms with Crippen LogP contribution in [0.5, 0.6) is 5.75 Å². The van der Waals surface area contributed by atoms with Gasteiger partial charge in [-0.05, 0) is 42.0 Å². The number of tetrazole rings is 1. The molecule has 0 radical (unpaired) electrons. The van der Waals surface area contributed by atoms with Crippen molar-refractivity contribution in [2.45, 2.75) is 11.3 Å². The molecule has 0 saturated heterocycles. The van der Waals surface area contributed by atoms with Crippen molar-refractivity contribution in [3.8, 4) is 5.75 Å². The molecule has 3 aromatic rings. The molecule has 0 bridgehead atoms. The number of methoxy groups -OCH3 is 1. The molecule has 24 heavy (non-hydrogen) atoms.